The number of benzene rings is 1. The van der Waals surface area contributed by atoms with Gasteiger partial charge < -0.3 is 9.64 Å². The molecule has 0 N–H and O–H groups in total. The van der Waals surface area contributed by atoms with Gasteiger partial charge in [0.25, 0.3) is 0 Å². The number of allylic oxidation sites excluding steroid dienone is 12. The molecule has 9 aliphatic carbocycles. The summed E-state index contributed by atoms with van der Waals surface area (Å²) in [5, 5.41) is 0. The molecule has 2 nitrogen and oxygen atoms in total. The van der Waals surface area contributed by atoms with Crippen LogP contribution >= 0.6 is 0 Å². The molecule has 0 aromatic heterocycles. The van der Waals surface area contributed by atoms with Crippen LogP contribution in [0.25, 0.3) is 0 Å². The van der Waals surface area contributed by atoms with Crippen molar-refractivity contribution in [1.29, 1.82) is 0 Å². The molecule has 3 fully saturated rings. The summed E-state index contributed by atoms with van der Waals surface area (Å²) in [5.41, 5.74) is 11.1. The predicted molar refractivity (Wildman–Crippen MR) is 251 cm³/mol. The molecule has 60 heavy (non-hydrogen) atoms. The summed E-state index contributed by atoms with van der Waals surface area (Å²) >= 11 is 0. The molecule has 1 aromatic carbocycles. The van der Waals surface area contributed by atoms with Crippen LogP contribution in [0.5, 0.6) is 0 Å². The average Bonchev–Trinajstić information content (AvgIpc) is 3.72. The molecule has 3 saturated carbocycles. The Balaban J connectivity index is 0.790. The molecule has 0 saturated heterocycles. The van der Waals surface area contributed by atoms with Gasteiger partial charge in [-0.1, -0.05) is 130 Å². The normalized spacial score (nSPS) is 36.0. The van der Waals surface area contributed by atoms with Gasteiger partial charge in [0.2, 0.25) is 0 Å². The van der Waals surface area contributed by atoms with Crippen LogP contribution in [0.15, 0.2) is 119 Å². The lowest BCUT2D eigenvalue weighted by Gasteiger charge is -2.44. The molecule has 1 aliphatic heterocycles. The quantitative estimate of drug-likeness (QED) is 0.243. The van der Waals surface area contributed by atoms with Crippen LogP contribution < -0.4 is 4.90 Å². The highest BCUT2D eigenvalue weighted by Crippen LogP contribution is 2.54. The SMILES string of the molecule is C1=CC2=C(CC1)C(c1ccc(N(C3C=CC(C4C=CCC(C5CCCC6=C5OC5C(C7CCCCC7)=CCCC65)C4)=CC3)C3CCC(C4CCCCC4)CC3)cc1)CC=C2. The van der Waals surface area contributed by atoms with Crippen molar-refractivity contribution in [3.8, 4) is 0 Å². The molecule has 0 radical (unpaired) electrons. The topological polar surface area (TPSA) is 12.5 Å². The second-order valence-corrected chi connectivity index (χ2v) is 21.4. The lowest BCUT2D eigenvalue weighted by Crippen LogP contribution is -2.45. The molecule has 0 amide bonds. The van der Waals surface area contributed by atoms with Crippen molar-refractivity contribution in [2.45, 2.75) is 185 Å². The van der Waals surface area contributed by atoms with E-state index in [-0.39, 0.29) is 0 Å². The number of ether oxygens (including phenoxy) is 1. The summed E-state index contributed by atoms with van der Waals surface area (Å²) in [7, 11) is 0. The molecule has 0 bridgehead atoms. The summed E-state index contributed by atoms with van der Waals surface area (Å²) in [6, 6.07) is 11.1. The highest BCUT2D eigenvalue weighted by atomic mass is 16.5. The molecule has 1 heterocycles. The van der Waals surface area contributed by atoms with E-state index in [9.17, 15) is 0 Å². The number of fused-ring (bicyclic) bond motifs is 2. The minimum Gasteiger partial charge on any atom is -0.490 e. The number of nitrogens with zero attached hydrogens (tertiary/aromatic N) is 1. The van der Waals surface area contributed by atoms with E-state index < -0.39 is 0 Å². The number of hydrogen-bond donors (Lipinski definition) is 0. The van der Waals surface area contributed by atoms with Crippen molar-refractivity contribution in [1.82, 2.24) is 0 Å². The maximum Gasteiger partial charge on any atom is 0.126 e. The van der Waals surface area contributed by atoms with E-state index in [1.807, 2.05) is 0 Å². The summed E-state index contributed by atoms with van der Waals surface area (Å²) in [4.78, 5) is 2.90. The fourth-order valence-electron chi connectivity index (χ4n) is 15.1. The van der Waals surface area contributed by atoms with E-state index in [0.717, 1.165) is 30.6 Å². The van der Waals surface area contributed by atoms with Gasteiger partial charge in [-0.2, -0.15) is 0 Å². The highest BCUT2D eigenvalue weighted by Gasteiger charge is 2.47. The Morgan fingerprint density at radius 3 is 2.18 bits per heavy atom. The fraction of sp³-hybridized carbons (Fsp3) is 0.621. The van der Waals surface area contributed by atoms with Gasteiger partial charge in [-0.15, -0.1) is 0 Å². The first-order valence-electron chi connectivity index (χ1n) is 25.8. The zero-order chi connectivity index (χ0) is 39.8. The standard InChI is InChI=1S/C58H75NO/c1-3-13-40(14-4-1)41-27-33-48(34-28-41)59(50-37-31-45(32-38-50)52-22-10-18-43-17-7-8-21-51(43)52)49-35-29-42(30-36-49)46-19-9-20-47(39-46)54-24-12-26-56-55-25-11-23-53(57(55)60-58(54)56)44-15-5-2-6-16-44/h7,9-10,17-19,23,29-32,35,37-38,40-41,44,46-49,52,54-55,57H,1-6,8,11-16,20-22,24-28,33-34,36,39H2. The van der Waals surface area contributed by atoms with Gasteiger partial charge in [-0.3, -0.25) is 0 Å². The van der Waals surface area contributed by atoms with Crippen LogP contribution in [0, 0.1) is 41.4 Å². The summed E-state index contributed by atoms with van der Waals surface area (Å²) in [6.45, 7) is 0. The Labute approximate surface area is 364 Å². The van der Waals surface area contributed by atoms with Crippen LogP contribution in [0.3, 0.4) is 0 Å². The summed E-state index contributed by atoms with van der Waals surface area (Å²) in [6.07, 6.45) is 59.3. The molecule has 2 heteroatoms. The Morgan fingerprint density at radius 2 is 1.37 bits per heavy atom. The molecule has 1 aromatic rings. The lowest BCUT2D eigenvalue weighted by atomic mass is 9.69. The molecular weight excluding hydrogens is 727 g/mol. The minimum absolute atomic E-state index is 0.369. The third-order valence-corrected chi connectivity index (χ3v) is 18.2. The molecule has 7 unspecified atom stereocenters. The van der Waals surface area contributed by atoms with Crippen LogP contribution in [-0.2, 0) is 4.74 Å². The van der Waals surface area contributed by atoms with E-state index in [0.29, 0.717) is 47.8 Å². The van der Waals surface area contributed by atoms with Crippen LogP contribution in [0.2, 0.25) is 0 Å². The first-order valence-corrected chi connectivity index (χ1v) is 25.8. The van der Waals surface area contributed by atoms with Gasteiger partial charge in [-0.05, 0) is 173 Å². The van der Waals surface area contributed by atoms with Crippen LogP contribution in [0.4, 0.5) is 5.69 Å². The van der Waals surface area contributed by atoms with E-state index in [4.69, 9.17) is 4.74 Å². The van der Waals surface area contributed by atoms with E-state index >= 15 is 0 Å². The Morgan fingerprint density at radius 1 is 0.567 bits per heavy atom. The van der Waals surface area contributed by atoms with Crippen LogP contribution in [0.1, 0.15) is 172 Å². The van der Waals surface area contributed by atoms with Gasteiger partial charge in [0.15, 0.2) is 0 Å². The first kappa shape index (κ1) is 39.6. The molecule has 318 valence electrons. The second-order valence-electron chi connectivity index (χ2n) is 21.4. The molecule has 11 rings (SSSR count). The lowest BCUT2D eigenvalue weighted by molar-refractivity contribution is 0.0855. The average molecular weight is 802 g/mol. The van der Waals surface area contributed by atoms with Crippen molar-refractivity contribution in [3.05, 3.63) is 124 Å². The summed E-state index contributed by atoms with van der Waals surface area (Å²) < 4.78 is 7.27. The summed E-state index contributed by atoms with van der Waals surface area (Å²) in [5.74, 6) is 7.28. The molecular formula is C58H75NO. The largest absolute Gasteiger partial charge is 0.490 e. The Bertz CT molecular complexity index is 1940. The zero-order valence-electron chi connectivity index (χ0n) is 37.0. The predicted octanol–water partition coefficient (Wildman–Crippen LogP) is 15.5. The van der Waals surface area contributed by atoms with Gasteiger partial charge in [0.1, 0.15) is 6.10 Å². The number of anilines is 1. The fourth-order valence-corrected chi connectivity index (χ4v) is 15.1. The molecule has 10 aliphatic rings. The highest BCUT2D eigenvalue weighted by molar-refractivity contribution is 5.55. The number of rotatable bonds is 8. The minimum atomic E-state index is 0.369. The van der Waals surface area contributed by atoms with Crippen molar-refractivity contribution >= 4 is 5.69 Å². The zero-order valence-corrected chi connectivity index (χ0v) is 37.0. The maximum atomic E-state index is 7.27. The third kappa shape index (κ3) is 7.87. The van der Waals surface area contributed by atoms with Crippen molar-refractivity contribution in [2.75, 3.05) is 4.90 Å². The maximum absolute atomic E-state index is 7.27. The van der Waals surface area contributed by atoms with Crippen LogP contribution in [-0.4, -0.2) is 18.2 Å². The van der Waals surface area contributed by atoms with Gasteiger partial charge in [0, 0.05) is 35.4 Å². The monoisotopic (exact) mass is 802 g/mol. The third-order valence-electron chi connectivity index (χ3n) is 18.2. The van der Waals surface area contributed by atoms with E-state index in [1.165, 1.54) is 170 Å². The first-order chi connectivity index (χ1) is 29.7. The van der Waals surface area contributed by atoms with Crippen molar-refractivity contribution in [3.63, 3.8) is 0 Å². The van der Waals surface area contributed by atoms with E-state index in [2.05, 4.69) is 89.9 Å². The Hall–Kier alpha value is -3.26. The number of hydrogen-bond acceptors (Lipinski definition) is 2. The Kier molecular flexibility index (Phi) is 11.8. The van der Waals surface area contributed by atoms with Gasteiger partial charge in [0.05, 0.1) is 11.8 Å². The molecule has 7 atom stereocenters. The molecule has 0 spiro atoms. The van der Waals surface area contributed by atoms with Crippen molar-refractivity contribution < 1.29 is 4.74 Å². The smallest absolute Gasteiger partial charge is 0.126 e. The van der Waals surface area contributed by atoms with Gasteiger partial charge >= 0.3 is 0 Å². The van der Waals surface area contributed by atoms with E-state index in [1.54, 1.807) is 22.3 Å². The van der Waals surface area contributed by atoms with Crippen molar-refractivity contribution in [2.24, 2.45) is 41.4 Å². The second kappa shape index (κ2) is 17.8. The van der Waals surface area contributed by atoms with Gasteiger partial charge in [-0.25, -0.2) is 0 Å².